The molecule has 1 heterocycles. The van der Waals surface area contributed by atoms with Crippen LogP contribution in [0.4, 0.5) is 0 Å². The third-order valence-corrected chi connectivity index (χ3v) is 2.43. The van der Waals surface area contributed by atoms with Crippen molar-refractivity contribution in [3.05, 3.63) is 10.3 Å². The monoisotopic (exact) mass is 221 g/mol. The van der Waals surface area contributed by atoms with Crippen LogP contribution < -0.4 is 21.2 Å². The molecule has 8 heavy (non-hydrogen) atoms. The zero-order chi connectivity index (χ0) is 5.82. The van der Waals surface area contributed by atoms with Gasteiger partial charge in [-0.25, -0.2) is 0 Å². The van der Waals surface area contributed by atoms with Crippen molar-refractivity contribution < 1.29 is 21.2 Å². The van der Waals surface area contributed by atoms with Crippen molar-refractivity contribution in [1.82, 2.24) is 0 Å². The SMILES string of the molecule is CC=NC1=NC=C[I-]1. The van der Waals surface area contributed by atoms with Crippen LogP contribution in [0.2, 0.25) is 0 Å². The molecule has 1 aliphatic rings. The molecule has 0 fully saturated rings. The van der Waals surface area contributed by atoms with Crippen molar-refractivity contribution in [3.8, 4) is 0 Å². The fourth-order valence-electron chi connectivity index (χ4n) is 0.370. The number of halogens is 1. The first kappa shape index (κ1) is 5.94. The van der Waals surface area contributed by atoms with Gasteiger partial charge in [-0.2, -0.15) is 0 Å². The standard InChI is InChI=1S/C5H6IN2/c1-2-7-5-6-3-4-8-5/h2-4H,1H3/q-1. The molecule has 0 aromatic carbocycles. The van der Waals surface area contributed by atoms with E-state index in [0.29, 0.717) is 0 Å². The second kappa shape index (κ2) is 2.96. The summed E-state index contributed by atoms with van der Waals surface area (Å²) in [6.07, 6.45) is 3.61. The molecule has 0 radical (unpaired) electrons. The minimum atomic E-state index is 0.0414. The number of amidine groups is 1. The molecule has 44 valence electrons. The van der Waals surface area contributed by atoms with Gasteiger partial charge in [0.25, 0.3) is 0 Å². The molecule has 0 N–H and O–H groups in total. The molecule has 0 aromatic heterocycles. The van der Waals surface area contributed by atoms with Crippen molar-refractivity contribution >= 4 is 10.1 Å². The molecule has 0 atom stereocenters. The molecule has 1 aliphatic heterocycles. The maximum absolute atomic E-state index is 4.04. The van der Waals surface area contributed by atoms with E-state index in [0.717, 1.165) is 3.84 Å². The average molecular weight is 221 g/mol. The van der Waals surface area contributed by atoms with E-state index < -0.39 is 0 Å². The van der Waals surface area contributed by atoms with Crippen LogP contribution in [0.25, 0.3) is 0 Å². The van der Waals surface area contributed by atoms with Gasteiger partial charge >= 0.3 is 58.5 Å². The van der Waals surface area contributed by atoms with Crippen LogP contribution in [-0.2, 0) is 0 Å². The summed E-state index contributed by atoms with van der Waals surface area (Å²) in [4.78, 5) is 8.05. The van der Waals surface area contributed by atoms with Gasteiger partial charge in [-0.3, -0.25) is 0 Å². The van der Waals surface area contributed by atoms with Crippen molar-refractivity contribution in [1.29, 1.82) is 0 Å². The van der Waals surface area contributed by atoms with Crippen LogP contribution >= 0.6 is 0 Å². The summed E-state index contributed by atoms with van der Waals surface area (Å²) in [6.45, 7) is 1.91. The fourth-order valence-corrected chi connectivity index (χ4v) is 1.77. The summed E-state index contributed by atoms with van der Waals surface area (Å²) >= 11 is 0.0414. The molecule has 0 saturated carbocycles. The molecule has 0 aromatic rings. The minimum absolute atomic E-state index is 0.0414. The third kappa shape index (κ3) is 1.40. The Morgan fingerprint density at radius 3 is 3.25 bits per heavy atom. The van der Waals surface area contributed by atoms with Gasteiger partial charge in [0.1, 0.15) is 0 Å². The number of rotatable bonds is 0. The quantitative estimate of drug-likeness (QED) is 0.257. The van der Waals surface area contributed by atoms with Gasteiger partial charge < -0.3 is 0 Å². The Kier molecular flexibility index (Phi) is 2.20. The van der Waals surface area contributed by atoms with Crippen molar-refractivity contribution in [3.63, 3.8) is 0 Å². The van der Waals surface area contributed by atoms with Gasteiger partial charge in [-0.05, 0) is 0 Å². The summed E-state index contributed by atoms with van der Waals surface area (Å²) in [5.41, 5.74) is 0. The van der Waals surface area contributed by atoms with Gasteiger partial charge in [0.15, 0.2) is 0 Å². The van der Waals surface area contributed by atoms with Crippen LogP contribution in [0.5, 0.6) is 0 Å². The van der Waals surface area contributed by atoms with E-state index in [4.69, 9.17) is 0 Å². The number of hydrogen-bond acceptors (Lipinski definition) is 2. The summed E-state index contributed by atoms with van der Waals surface area (Å²) < 4.78 is 3.12. The average Bonchev–Trinajstić information content (AvgIpc) is 2.19. The topological polar surface area (TPSA) is 24.7 Å². The van der Waals surface area contributed by atoms with Crippen molar-refractivity contribution in [2.24, 2.45) is 9.98 Å². The van der Waals surface area contributed by atoms with Gasteiger partial charge in [0.2, 0.25) is 0 Å². The number of nitrogens with zero attached hydrogens (tertiary/aromatic N) is 2. The molecule has 0 bridgehead atoms. The first-order valence-electron chi connectivity index (χ1n) is 2.28. The molecule has 3 heteroatoms. The Morgan fingerprint density at radius 1 is 1.88 bits per heavy atom. The second-order valence-corrected chi connectivity index (χ2v) is 3.48. The van der Waals surface area contributed by atoms with Crippen molar-refractivity contribution in [2.45, 2.75) is 6.92 Å². The van der Waals surface area contributed by atoms with E-state index in [1.807, 2.05) is 13.1 Å². The molecule has 2 nitrogen and oxygen atoms in total. The second-order valence-electron chi connectivity index (χ2n) is 1.17. The fraction of sp³-hybridized carbons (Fsp3) is 0.200. The van der Waals surface area contributed by atoms with E-state index in [1.165, 1.54) is 0 Å². The molecular formula is C5H6IN2-. The van der Waals surface area contributed by atoms with E-state index in [1.54, 1.807) is 6.21 Å². The van der Waals surface area contributed by atoms with E-state index in [9.17, 15) is 0 Å². The zero-order valence-electron chi connectivity index (χ0n) is 4.50. The molecule has 0 amide bonds. The van der Waals surface area contributed by atoms with Crippen LogP contribution in [0.15, 0.2) is 20.3 Å². The first-order chi connectivity index (χ1) is 3.93. The number of hydrogen-bond donors (Lipinski definition) is 0. The summed E-state index contributed by atoms with van der Waals surface area (Å²) in [6, 6.07) is 0. The Labute approximate surface area is 58.7 Å². The molecule has 0 unspecified atom stereocenters. The Hall–Kier alpha value is -0.190. The summed E-state index contributed by atoms with van der Waals surface area (Å²) in [5.74, 6) is 0. The molecule has 0 spiro atoms. The summed E-state index contributed by atoms with van der Waals surface area (Å²) in [5, 5.41) is 0. The van der Waals surface area contributed by atoms with E-state index >= 15 is 0 Å². The van der Waals surface area contributed by atoms with Gasteiger partial charge in [0, 0.05) is 0 Å². The van der Waals surface area contributed by atoms with E-state index in [-0.39, 0.29) is 21.2 Å². The predicted molar refractivity (Wildman–Crippen MR) is 30.7 cm³/mol. The Balaban J connectivity index is 2.51. The molecule has 1 rings (SSSR count). The van der Waals surface area contributed by atoms with E-state index in [2.05, 4.69) is 14.1 Å². The zero-order valence-corrected chi connectivity index (χ0v) is 6.66. The van der Waals surface area contributed by atoms with Crippen LogP contribution in [0.1, 0.15) is 6.92 Å². The summed E-state index contributed by atoms with van der Waals surface area (Å²) in [7, 11) is 0. The van der Waals surface area contributed by atoms with Gasteiger partial charge in [-0.15, -0.1) is 0 Å². The number of aliphatic imine (C=N–C) groups is 2. The predicted octanol–water partition coefficient (Wildman–Crippen LogP) is -1.99. The molecule has 0 saturated heterocycles. The van der Waals surface area contributed by atoms with Crippen LogP contribution in [0.3, 0.4) is 0 Å². The third-order valence-electron chi connectivity index (χ3n) is 0.634. The molecule has 0 aliphatic carbocycles. The Morgan fingerprint density at radius 2 is 2.75 bits per heavy atom. The van der Waals surface area contributed by atoms with Crippen LogP contribution in [-0.4, -0.2) is 10.1 Å². The molecular weight excluding hydrogens is 215 g/mol. The first-order valence-corrected chi connectivity index (χ1v) is 4.61. The van der Waals surface area contributed by atoms with Crippen molar-refractivity contribution in [2.75, 3.05) is 0 Å². The van der Waals surface area contributed by atoms with Gasteiger partial charge in [0.05, 0.1) is 0 Å². The van der Waals surface area contributed by atoms with Crippen LogP contribution in [0, 0.1) is 0 Å². The normalized spacial score (nSPS) is 18.9. The maximum atomic E-state index is 4.04. The Bertz CT molecular complexity index is 158. The van der Waals surface area contributed by atoms with Gasteiger partial charge in [-0.1, -0.05) is 0 Å².